The predicted octanol–water partition coefficient (Wildman–Crippen LogP) is 1.62. The van der Waals surface area contributed by atoms with Crippen LogP contribution in [0.5, 0.6) is 0 Å². The Bertz CT molecular complexity index is 138. The molecule has 0 saturated heterocycles. The normalized spacial score (nSPS) is 13.3. The van der Waals surface area contributed by atoms with Crippen molar-refractivity contribution in [3.63, 3.8) is 0 Å². The Morgan fingerprint density at radius 1 is 1.42 bits per heavy atom. The maximum atomic E-state index is 10.3. The first-order chi connectivity index (χ1) is 4.81. The standard InChI is InChI=1S/C9H18O2.Sn.2H/c1-7(5-8(10)11)6-9(2,3)4;;;/h7H,5-6H2,1-4H3,(H,10,11);;;. The van der Waals surface area contributed by atoms with Gasteiger partial charge < -0.3 is 5.11 Å². The molecule has 1 atom stereocenters. The van der Waals surface area contributed by atoms with Gasteiger partial charge in [-0.15, -0.1) is 0 Å². The number of carbonyl (C=O) groups is 1. The van der Waals surface area contributed by atoms with Crippen LogP contribution in [0, 0.1) is 11.3 Å². The second-order valence-corrected chi connectivity index (χ2v) is 4.47. The van der Waals surface area contributed by atoms with Crippen molar-refractivity contribution in [3.05, 3.63) is 0 Å². The van der Waals surface area contributed by atoms with Crippen molar-refractivity contribution in [1.29, 1.82) is 0 Å². The van der Waals surface area contributed by atoms with Crippen LogP contribution in [0.2, 0.25) is 0 Å². The molecule has 0 aromatic rings. The molecule has 0 aromatic heterocycles. The molecule has 1 unspecified atom stereocenters. The summed E-state index contributed by atoms with van der Waals surface area (Å²) in [4.78, 5) is 10.3. The molecule has 0 aliphatic carbocycles. The van der Waals surface area contributed by atoms with E-state index in [9.17, 15) is 4.79 Å². The van der Waals surface area contributed by atoms with Gasteiger partial charge in [0, 0.05) is 6.42 Å². The van der Waals surface area contributed by atoms with E-state index in [2.05, 4.69) is 20.8 Å². The molecule has 0 aliphatic heterocycles. The Hall–Kier alpha value is 0.269. The molecule has 72 valence electrons. The molecule has 0 amide bonds. The number of hydrogen-bond acceptors (Lipinski definition) is 1. The fraction of sp³-hybridized carbons (Fsp3) is 0.889. The molecule has 2 radical (unpaired) electrons. The van der Waals surface area contributed by atoms with Crippen LogP contribution in [0.1, 0.15) is 40.5 Å². The van der Waals surface area contributed by atoms with Gasteiger partial charge in [0.2, 0.25) is 0 Å². The Morgan fingerprint density at radius 3 is 2.08 bits per heavy atom. The average Bonchev–Trinajstić information content (AvgIpc) is 1.53. The van der Waals surface area contributed by atoms with E-state index in [1.807, 2.05) is 6.92 Å². The molecule has 0 fully saturated rings. The van der Waals surface area contributed by atoms with Crippen LogP contribution < -0.4 is 0 Å². The van der Waals surface area contributed by atoms with Gasteiger partial charge in [0.25, 0.3) is 0 Å². The van der Waals surface area contributed by atoms with Crippen LogP contribution in [0.25, 0.3) is 0 Å². The number of carboxylic acids is 1. The molecule has 12 heavy (non-hydrogen) atoms. The van der Waals surface area contributed by atoms with E-state index in [0.717, 1.165) is 6.42 Å². The van der Waals surface area contributed by atoms with Crippen molar-refractivity contribution in [1.82, 2.24) is 0 Å². The van der Waals surface area contributed by atoms with Crippen molar-refractivity contribution in [3.8, 4) is 0 Å². The summed E-state index contributed by atoms with van der Waals surface area (Å²) in [6, 6.07) is 0. The van der Waals surface area contributed by atoms with Crippen LogP contribution in [-0.2, 0) is 4.79 Å². The zero-order chi connectivity index (χ0) is 9.07. The van der Waals surface area contributed by atoms with E-state index in [4.69, 9.17) is 5.11 Å². The second-order valence-electron chi connectivity index (χ2n) is 4.47. The van der Waals surface area contributed by atoms with Crippen LogP contribution in [0.4, 0.5) is 0 Å². The monoisotopic (exact) mass is 280 g/mol. The van der Waals surface area contributed by atoms with Crippen molar-refractivity contribution < 1.29 is 9.90 Å². The van der Waals surface area contributed by atoms with Gasteiger partial charge in [-0.1, -0.05) is 27.7 Å². The molecule has 0 saturated carbocycles. The van der Waals surface area contributed by atoms with Crippen molar-refractivity contribution in [2.24, 2.45) is 11.3 Å². The quantitative estimate of drug-likeness (QED) is 0.797. The third-order valence-corrected chi connectivity index (χ3v) is 1.48. The van der Waals surface area contributed by atoms with E-state index in [1.54, 1.807) is 0 Å². The Kier molecular flexibility index (Phi) is 7.19. The average molecular weight is 279 g/mol. The molecular weight excluding hydrogens is 259 g/mol. The van der Waals surface area contributed by atoms with Crippen molar-refractivity contribution >= 4 is 29.9 Å². The van der Waals surface area contributed by atoms with Crippen molar-refractivity contribution in [2.45, 2.75) is 40.5 Å². The number of aliphatic carboxylic acids is 1. The van der Waals surface area contributed by atoms with E-state index in [-0.39, 0.29) is 41.7 Å². The van der Waals surface area contributed by atoms with Crippen LogP contribution in [-0.4, -0.2) is 35.0 Å². The summed E-state index contributed by atoms with van der Waals surface area (Å²) >= 11 is 0. The number of hydrogen-bond donors (Lipinski definition) is 1. The van der Waals surface area contributed by atoms with Crippen LogP contribution in [0.3, 0.4) is 0 Å². The van der Waals surface area contributed by atoms with E-state index < -0.39 is 5.97 Å². The SMILES string of the molecule is CC(CC(=O)O)CC(C)(C)C.[SnH2]. The van der Waals surface area contributed by atoms with Gasteiger partial charge in [0.05, 0.1) is 0 Å². The fourth-order valence-electron chi connectivity index (χ4n) is 1.42. The number of carboxylic acid groups (broad SMARTS) is 1. The summed E-state index contributed by atoms with van der Waals surface area (Å²) < 4.78 is 0. The third-order valence-electron chi connectivity index (χ3n) is 1.48. The topological polar surface area (TPSA) is 37.3 Å². The molecule has 0 rings (SSSR count). The maximum absolute atomic E-state index is 10.3. The molecular formula is C9H20O2Sn. The predicted molar refractivity (Wildman–Crippen MR) is 54.0 cm³/mol. The first-order valence-electron chi connectivity index (χ1n) is 4.03. The van der Waals surface area contributed by atoms with Gasteiger partial charge in [-0.3, -0.25) is 4.79 Å². The summed E-state index contributed by atoms with van der Waals surface area (Å²) in [5.74, 6) is -0.408. The molecule has 0 bridgehead atoms. The molecule has 3 heteroatoms. The molecule has 0 aliphatic rings. The molecule has 2 nitrogen and oxygen atoms in total. The van der Waals surface area contributed by atoms with Gasteiger partial charge in [-0.25, -0.2) is 0 Å². The van der Waals surface area contributed by atoms with Gasteiger partial charge in [0.1, 0.15) is 0 Å². The summed E-state index contributed by atoms with van der Waals surface area (Å²) in [5.41, 5.74) is 0.245. The van der Waals surface area contributed by atoms with Crippen LogP contribution in [0.15, 0.2) is 0 Å². The summed E-state index contributed by atoms with van der Waals surface area (Å²) in [7, 11) is 0. The molecule has 0 spiro atoms. The molecule has 0 heterocycles. The Balaban J connectivity index is 0. The van der Waals surface area contributed by atoms with Crippen molar-refractivity contribution in [2.75, 3.05) is 0 Å². The Labute approximate surface area is 91.7 Å². The van der Waals surface area contributed by atoms with Gasteiger partial charge in [-0.2, -0.15) is 0 Å². The third kappa shape index (κ3) is 10.3. The first kappa shape index (κ1) is 14.8. The second kappa shape index (κ2) is 5.84. The Morgan fingerprint density at radius 2 is 1.83 bits per heavy atom. The molecule has 1 N–H and O–H groups in total. The molecule has 0 aromatic carbocycles. The minimum absolute atomic E-state index is 0. The number of rotatable bonds is 3. The van der Waals surface area contributed by atoms with E-state index in [1.165, 1.54) is 0 Å². The summed E-state index contributed by atoms with van der Waals surface area (Å²) in [6.07, 6.45) is 1.26. The minimum atomic E-state index is -0.693. The van der Waals surface area contributed by atoms with Gasteiger partial charge in [-0.05, 0) is 17.8 Å². The van der Waals surface area contributed by atoms with Gasteiger partial charge >= 0.3 is 29.9 Å². The first-order valence-corrected chi connectivity index (χ1v) is 4.03. The summed E-state index contributed by atoms with van der Waals surface area (Å²) in [6.45, 7) is 8.38. The van der Waals surface area contributed by atoms with E-state index >= 15 is 0 Å². The summed E-state index contributed by atoms with van der Waals surface area (Å²) in [5, 5.41) is 8.48. The zero-order valence-corrected chi connectivity index (χ0v) is 12.6. The van der Waals surface area contributed by atoms with Crippen LogP contribution >= 0.6 is 0 Å². The fourth-order valence-corrected chi connectivity index (χ4v) is 1.42. The van der Waals surface area contributed by atoms with E-state index in [0.29, 0.717) is 0 Å². The van der Waals surface area contributed by atoms with Gasteiger partial charge in [0.15, 0.2) is 0 Å². The zero-order valence-electron chi connectivity index (χ0n) is 8.55.